The van der Waals surface area contributed by atoms with Gasteiger partial charge in [-0.05, 0) is 29.8 Å². The highest BCUT2D eigenvalue weighted by molar-refractivity contribution is 7.99. The molecular weight excluding hydrogens is 273 g/mol. The Morgan fingerprint density at radius 3 is 2.70 bits per heavy atom. The third kappa shape index (κ3) is 2.56. The van der Waals surface area contributed by atoms with Gasteiger partial charge in [-0.2, -0.15) is 0 Å². The molecule has 102 valence electrons. The highest BCUT2D eigenvalue weighted by atomic mass is 32.2. The minimum absolute atomic E-state index is 0.00450. The van der Waals surface area contributed by atoms with Crippen molar-refractivity contribution in [1.82, 2.24) is 4.90 Å². The van der Waals surface area contributed by atoms with Crippen LogP contribution in [0.1, 0.15) is 21.3 Å². The molecule has 0 aromatic heterocycles. The number of carbonyl (C=O) groups is 1. The Labute approximate surface area is 121 Å². The van der Waals surface area contributed by atoms with Crippen molar-refractivity contribution in [3.05, 3.63) is 71.5 Å². The summed E-state index contributed by atoms with van der Waals surface area (Å²) < 4.78 is 13.4. The first-order valence-corrected chi connectivity index (χ1v) is 7.53. The fraction of sp³-hybridized carbons (Fsp3) is 0.188. The highest BCUT2D eigenvalue weighted by Gasteiger charge is 2.31. The molecule has 3 rings (SSSR count). The number of nitrogens with zero attached hydrogens (tertiary/aromatic N) is 1. The Bertz CT molecular complexity index is 617. The van der Waals surface area contributed by atoms with Crippen molar-refractivity contribution < 1.29 is 9.18 Å². The SMILES string of the molecule is O=C(c1ccccc1)N1CCS[C@@H]1c1cccc(F)c1. The van der Waals surface area contributed by atoms with Crippen molar-refractivity contribution in [2.45, 2.75) is 5.37 Å². The first kappa shape index (κ1) is 13.2. The Morgan fingerprint density at radius 1 is 1.15 bits per heavy atom. The molecule has 0 aliphatic carbocycles. The normalized spacial score (nSPS) is 18.2. The average Bonchev–Trinajstić information content (AvgIpc) is 2.97. The van der Waals surface area contributed by atoms with Crippen LogP contribution in [0.15, 0.2) is 54.6 Å². The Hall–Kier alpha value is -1.81. The third-order valence-corrected chi connectivity index (χ3v) is 4.57. The van der Waals surface area contributed by atoms with Crippen LogP contribution in [0.5, 0.6) is 0 Å². The number of hydrogen-bond donors (Lipinski definition) is 0. The Kier molecular flexibility index (Phi) is 3.74. The molecule has 1 saturated heterocycles. The van der Waals surface area contributed by atoms with Gasteiger partial charge in [0.25, 0.3) is 5.91 Å². The van der Waals surface area contributed by atoms with Gasteiger partial charge < -0.3 is 4.90 Å². The minimum atomic E-state index is -0.262. The van der Waals surface area contributed by atoms with Gasteiger partial charge in [0.2, 0.25) is 0 Å². The standard InChI is InChI=1S/C16H14FNOS/c17-14-8-4-7-13(11-14)16-18(9-10-20-16)15(19)12-5-2-1-3-6-12/h1-8,11,16H,9-10H2/t16-/m1/s1. The molecule has 1 aliphatic heterocycles. The molecule has 1 heterocycles. The van der Waals surface area contributed by atoms with Crippen LogP contribution in [-0.2, 0) is 0 Å². The molecule has 1 aliphatic rings. The molecule has 2 nitrogen and oxygen atoms in total. The van der Waals surface area contributed by atoms with E-state index in [0.29, 0.717) is 12.1 Å². The van der Waals surface area contributed by atoms with Crippen LogP contribution in [0.2, 0.25) is 0 Å². The smallest absolute Gasteiger partial charge is 0.255 e. The number of carbonyl (C=O) groups excluding carboxylic acids is 1. The van der Waals surface area contributed by atoms with Crippen LogP contribution in [0.3, 0.4) is 0 Å². The molecular formula is C16H14FNOS. The molecule has 1 amide bonds. The molecule has 0 saturated carbocycles. The number of benzene rings is 2. The summed E-state index contributed by atoms with van der Waals surface area (Å²) in [5.41, 5.74) is 1.52. The summed E-state index contributed by atoms with van der Waals surface area (Å²) in [6, 6.07) is 15.7. The van der Waals surface area contributed by atoms with Gasteiger partial charge in [-0.1, -0.05) is 30.3 Å². The third-order valence-electron chi connectivity index (χ3n) is 3.31. The fourth-order valence-corrected chi connectivity index (χ4v) is 3.61. The van der Waals surface area contributed by atoms with Crippen molar-refractivity contribution in [2.24, 2.45) is 0 Å². The summed E-state index contributed by atoms with van der Waals surface area (Å²) in [6.07, 6.45) is 0. The summed E-state index contributed by atoms with van der Waals surface area (Å²) in [5, 5.41) is -0.0987. The molecule has 0 bridgehead atoms. The minimum Gasteiger partial charge on any atom is -0.322 e. The van der Waals surface area contributed by atoms with Gasteiger partial charge in [0, 0.05) is 17.9 Å². The monoisotopic (exact) mass is 287 g/mol. The van der Waals surface area contributed by atoms with Crippen LogP contribution >= 0.6 is 11.8 Å². The highest BCUT2D eigenvalue weighted by Crippen LogP contribution is 2.38. The second kappa shape index (κ2) is 5.67. The van der Waals surface area contributed by atoms with Crippen LogP contribution in [-0.4, -0.2) is 23.1 Å². The lowest BCUT2D eigenvalue weighted by molar-refractivity contribution is 0.0760. The van der Waals surface area contributed by atoms with E-state index in [9.17, 15) is 9.18 Å². The van der Waals surface area contributed by atoms with E-state index in [1.807, 2.05) is 41.3 Å². The maximum Gasteiger partial charge on any atom is 0.255 e. The Balaban J connectivity index is 1.88. The predicted octanol–water partition coefficient (Wildman–Crippen LogP) is 3.71. The van der Waals surface area contributed by atoms with Crippen molar-refractivity contribution >= 4 is 17.7 Å². The number of rotatable bonds is 2. The zero-order valence-corrected chi connectivity index (χ0v) is 11.6. The summed E-state index contributed by atoms with van der Waals surface area (Å²) >= 11 is 1.67. The van der Waals surface area contributed by atoms with E-state index in [-0.39, 0.29) is 17.1 Å². The van der Waals surface area contributed by atoms with Crippen LogP contribution < -0.4 is 0 Å². The summed E-state index contributed by atoms with van der Waals surface area (Å²) in [6.45, 7) is 0.694. The van der Waals surface area contributed by atoms with Gasteiger partial charge in [-0.3, -0.25) is 4.79 Å². The molecule has 1 fully saturated rings. The number of amides is 1. The second-order valence-electron chi connectivity index (χ2n) is 4.64. The summed E-state index contributed by atoms with van der Waals surface area (Å²) in [5.74, 6) is 0.617. The zero-order chi connectivity index (χ0) is 13.9. The fourth-order valence-electron chi connectivity index (χ4n) is 2.36. The first-order chi connectivity index (χ1) is 9.75. The molecule has 2 aromatic carbocycles. The number of halogens is 1. The van der Waals surface area contributed by atoms with Gasteiger partial charge in [0.15, 0.2) is 0 Å². The van der Waals surface area contributed by atoms with Crippen molar-refractivity contribution in [3.63, 3.8) is 0 Å². The van der Waals surface area contributed by atoms with Gasteiger partial charge in [-0.25, -0.2) is 4.39 Å². The van der Waals surface area contributed by atoms with Crippen LogP contribution in [0.25, 0.3) is 0 Å². The summed E-state index contributed by atoms with van der Waals surface area (Å²) in [4.78, 5) is 14.3. The van der Waals surface area contributed by atoms with Gasteiger partial charge >= 0.3 is 0 Å². The lowest BCUT2D eigenvalue weighted by atomic mass is 10.1. The van der Waals surface area contributed by atoms with E-state index >= 15 is 0 Å². The van der Waals surface area contributed by atoms with Crippen LogP contribution in [0.4, 0.5) is 4.39 Å². The average molecular weight is 287 g/mol. The zero-order valence-electron chi connectivity index (χ0n) is 10.8. The molecule has 2 aromatic rings. The van der Waals surface area contributed by atoms with Crippen molar-refractivity contribution in [2.75, 3.05) is 12.3 Å². The van der Waals surface area contributed by atoms with E-state index < -0.39 is 0 Å². The van der Waals surface area contributed by atoms with E-state index in [1.54, 1.807) is 17.8 Å². The van der Waals surface area contributed by atoms with E-state index in [1.165, 1.54) is 12.1 Å². The number of hydrogen-bond acceptors (Lipinski definition) is 2. The van der Waals surface area contributed by atoms with E-state index in [2.05, 4.69) is 0 Å². The van der Waals surface area contributed by atoms with Gasteiger partial charge in [0.1, 0.15) is 11.2 Å². The molecule has 0 unspecified atom stereocenters. The molecule has 0 radical (unpaired) electrons. The quantitative estimate of drug-likeness (QED) is 0.839. The van der Waals surface area contributed by atoms with Gasteiger partial charge in [0.05, 0.1) is 0 Å². The molecule has 20 heavy (non-hydrogen) atoms. The topological polar surface area (TPSA) is 20.3 Å². The van der Waals surface area contributed by atoms with Gasteiger partial charge in [-0.15, -0.1) is 11.8 Å². The van der Waals surface area contributed by atoms with E-state index in [4.69, 9.17) is 0 Å². The molecule has 0 N–H and O–H groups in total. The Morgan fingerprint density at radius 2 is 1.95 bits per heavy atom. The lowest BCUT2D eigenvalue weighted by Gasteiger charge is -2.24. The predicted molar refractivity (Wildman–Crippen MR) is 79.1 cm³/mol. The summed E-state index contributed by atoms with van der Waals surface area (Å²) in [7, 11) is 0. The largest absolute Gasteiger partial charge is 0.322 e. The van der Waals surface area contributed by atoms with Crippen LogP contribution in [0, 0.1) is 5.82 Å². The van der Waals surface area contributed by atoms with Crippen molar-refractivity contribution in [1.29, 1.82) is 0 Å². The molecule has 0 spiro atoms. The number of thioether (sulfide) groups is 1. The molecule has 1 atom stereocenters. The van der Waals surface area contributed by atoms with E-state index in [0.717, 1.165) is 11.3 Å². The maximum atomic E-state index is 13.4. The first-order valence-electron chi connectivity index (χ1n) is 6.49. The maximum absolute atomic E-state index is 13.4. The van der Waals surface area contributed by atoms with Crippen molar-refractivity contribution in [3.8, 4) is 0 Å². The molecule has 4 heteroatoms. The second-order valence-corrected chi connectivity index (χ2v) is 5.83. The lowest BCUT2D eigenvalue weighted by Crippen LogP contribution is -2.30.